The van der Waals surface area contributed by atoms with Gasteiger partial charge in [-0.05, 0) is 12.1 Å². The average Bonchev–Trinajstić information content (AvgIpc) is 2.39. The van der Waals surface area contributed by atoms with Crippen LogP contribution in [-0.4, -0.2) is 17.2 Å². The number of hydrogen-bond acceptors (Lipinski definition) is 1. The molecular formula is C9H16N2. The molecule has 0 saturated heterocycles. The van der Waals surface area contributed by atoms with Crippen LogP contribution in [0.25, 0.3) is 0 Å². The Hall–Kier alpha value is -0.760. The van der Waals surface area contributed by atoms with Gasteiger partial charge in [-0.15, -0.1) is 0 Å². The van der Waals surface area contributed by atoms with E-state index in [0.717, 1.165) is 13.1 Å². The van der Waals surface area contributed by atoms with E-state index in [0.29, 0.717) is 6.04 Å². The van der Waals surface area contributed by atoms with Crippen molar-refractivity contribution in [2.24, 2.45) is 0 Å². The molecule has 62 valence electrons. The van der Waals surface area contributed by atoms with E-state index in [4.69, 9.17) is 0 Å². The molecule has 0 aliphatic heterocycles. The largest absolute Gasteiger partial charge is 0.353 e. The van der Waals surface area contributed by atoms with Crippen molar-refractivity contribution in [2.75, 3.05) is 6.54 Å². The van der Waals surface area contributed by atoms with Gasteiger partial charge in [-0.25, -0.2) is 0 Å². The van der Waals surface area contributed by atoms with Crippen LogP contribution in [-0.2, 0) is 6.54 Å². The van der Waals surface area contributed by atoms with Crippen molar-refractivity contribution < 1.29 is 0 Å². The molecule has 0 fully saturated rings. The molecule has 2 heteroatoms. The van der Waals surface area contributed by atoms with Crippen molar-refractivity contribution in [3.63, 3.8) is 0 Å². The Kier molecular flexibility index (Phi) is 3.17. The lowest BCUT2D eigenvalue weighted by atomic mass is 10.4. The molecule has 1 heterocycles. The molecule has 0 bridgehead atoms. The lowest BCUT2D eigenvalue weighted by molar-refractivity contribution is 0.542. The SMILES string of the molecule is CC(C)NCCn1cccc1. The highest BCUT2D eigenvalue weighted by Crippen LogP contribution is 1.88. The Morgan fingerprint density at radius 2 is 1.91 bits per heavy atom. The van der Waals surface area contributed by atoms with Gasteiger partial charge in [0.15, 0.2) is 0 Å². The van der Waals surface area contributed by atoms with Crippen LogP contribution in [0, 0.1) is 0 Å². The maximum atomic E-state index is 3.36. The predicted molar refractivity (Wildman–Crippen MR) is 47.6 cm³/mol. The van der Waals surface area contributed by atoms with Crippen LogP contribution < -0.4 is 5.32 Å². The number of rotatable bonds is 4. The first-order chi connectivity index (χ1) is 5.29. The summed E-state index contributed by atoms with van der Waals surface area (Å²) in [6.45, 7) is 6.43. The molecule has 0 unspecified atom stereocenters. The van der Waals surface area contributed by atoms with Gasteiger partial charge in [0, 0.05) is 31.5 Å². The highest BCUT2D eigenvalue weighted by molar-refractivity contribution is 4.90. The topological polar surface area (TPSA) is 17.0 Å². The van der Waals surface area contributed by atoms with Gasteiger partial charge in [0.25, 0.3) is 0 Å². The van der Waals surface area contributed by atoms with E-state index in [9.17, 15) is 0 Å². The smallest absolute Gasteiger partial charge is 0.0344 e. The maximum absolute atomic E-state index is 3.36. The summed E-state index contributed by atoms with van der Waals surface area (Å²) in [5.41, 5.74) is 0. The summed E-state index contributed by atoms with van der Waals surface area (Å²) in [5, 5.41) is 3.36. The summed E-state index contributed by atoms with van der Waals surface area (Å²) < 4.78 is 2.18. The van der Waals surface area contributed by atoms with Gasteiger partial charge < -0.3 is 9.88 Å². The zero-order chi connectivity index (χ0) is 8.10. The first kappa shape index (κ1) is 8.34. The Morgan fingerprint density at radius 1 is 1.27 bits per heavy atom. The molecule has 0 saturated carbocycles. The number of nitrogens with one attached hydrogen (secondary N) is 1. The van der Waals surface area contributed by atoms with E-state index in [1.54, 1.807) is 0 Å². The third-order valence-corrected chi connectivity index (χ3v) is 1.59. The molecule has 0 atom stereocenters. The van der Waals surface area contributed by atoms with E-state index >= 15 is 0 Å². The van der Waals surface area contributed by atoms with Crippen molar-refractivity contribution in [1.82, 2.24) is 9.88 Å². The molecule has 1 aromatic rings. The Bertz CT molecular complexity index is 177. The standard InChI is InChI=1S/C9H16N2/c1-9(2)10-5-8-11-6-3-4-7-11/h3-4,6-7,9-10H,5,8H2,1-2H3. The fourth-order valence-corrected chi connectivity index (χ4v) is 1.00. The van der Waals surface area contributed by atoms with Crippen molar-refractivity contribution in [3.8, 4) is 0 Å². The van der Waals surface area contributed by atoms with E-state index < -0.39 is 0 Å². The molecule has 1 aromatic heterocycles. The zero-order valence-electron chi connectivity index (χ0n) is 7.25. The number of nitrogens with zero attached hydrogens (tertiary/aromatic N) is 1. The predicted octanol–water partition coefficient (Wildman–Crippen LogP) is 1.49. The lowest BCUT2D eigenvalue weighted by Crippen LogP contribution is -2.26. The normalized spacial score (nSPS) is 10.8. The number of aromatic nitrogens is 1. The monoisotopic (exact) mass is 152 g/mol. The highest BCUT2D eigenvalue weighted by atomic mass is 15.0. The third kappa shape index (κ3) is 3.23. The molecule has 0 spiro atoms. The molecule has 0 aliphatic carbocycles. The molecule has 0 aliphatic rings. The molecule has 11 heavy (non-hydrogen) atoms. The first-order valence-corrected chi connectivity index (χ1v) is 4.13. The van der Waals surface area contributed by atoms with Crippen LogP contribution in [0.3, 0.4) is 0 Å². The van der Waals surface area contributed by atoms with Crippen molar-refractivity contribution in [1.29, 1.82) is 0 Å². The highest BCUT2D eigenvalue weighted by Gasteiger charge is 1.91. The van der Waals surface area contributed by atoms with E-state index in [1.165, 1.54) is 0 Å². The zero-order valence-corrected chi connectivity index (χ0v) is 7.25. The third-order valence-electron chi connectivity index (χ3n) is 1.59. The van der Waals surface area contributed by atoms with Gasteiger partial charge >= 0.3 is 0 Å². The average molecular weight is 152 g/mol. The molecule has 0 radical (unpaired) electrons. The quantitative estimate of drug-likeness (QED) is 0.691. The van der Waals surface area contributed by atoms with Gasteiger partial charge in [-0.2, -0.15) is 0 Å². The maximum Gasteiger partial charge on any atom is 0.0344 e. The molecule has 2 nitrogen and oxygen atoms in total. The van der Waals surface area contributed by atoms with Gasteiger partial charge in [0.05, 0.1) is 0 Å². The van der Waals surface area contributed by atoms with Crippen molar-refractivity contribution in [3.05, 3.63) is 24.5 Å². The van der Waals surface area contributed by atoms with Gasteiger partial charge in [0.1, 0.15) is 0 Å². The van der Waals surface area contributed by atoms with E-state index in [-0.39, 0.29) is 0 Å². The van der Waals surface area contributed by atoms with Crippen molar-refractivity contribution in [2.45, 2.75) is 26.4 Å². The summed E-state index contributed by atoms with van der Waals surface area (Å²) in [6.07, 6.45) is 4.17. The van der Waals surface area contributed by atoms with Crippen LogP contribution in [0.15, 0.2) is 24.5 Å². The second-order valence-electron chi connectivity index (χ2n) is 3.03. The lowest BCUT2D eigenvalue weighted by Gasteiger charge is -2.07. The van der Waals surface area contributed by atoms with Crippen LogP contribution in [0.5, 0.6) is 0 Å². The van der Waals surface area contributed by atoms with Crippen molar-refractivity contribution >= 4 is 0 Å². The van der Waals surface area contributed by atoms with E-state index in [1.807, 2.05) is 0 Å². The summed E-state index contributed by atoms with van der Waals surface area (Å²) in [5.74, 6) is 0. The summed E-state index contributed by atoms with van der Waals surface area (Å²) in [6, 6.07) is 4.69. The Morgan fingerprint density at radius 3 is 2.45 bits per heavy atom. The second-order valence-corrected chi connectivity index (χ2v) is 3.03. The number of hydrogen-bond donors (Lipinski definition) is 1. The molecule has 1 N–H and O–H groups in total. The fourth-order valence-electron chi connectivity index (χ4n) is 1.00. The fraction of sp³-hybridized carbons (Fsp3) is 0.556. The summed E-state index contributed by atoms with van der Waals surface area (Å²) >= 11 is 0. The molecular weight excluding hydrogens is 136 g/mol. The first-order valence-electron chi connectivity index (χ1n) is 4.13. The second kappa shape index (κ2) is 4.19. The van der Waals surface area contributed by atoms with Gasteiger partial charge in [-0.1, -0.05) is 13.8 Å². The van der Waals surface area contributed by atoms with Crippen LogP contribution in [0.1, 0.15) is 13.8 Å². The minimum absolute atomic E-state index is 0.588. The van der Waals surface area contributed by atoms with E-state index in [2.05, 4.69) is 48.3 Å². The summed E-state index contributed by atoms with van der Waals surface area (Å²) in [4.78, 5) is 0. The van der Waals surface area contributed by atoms with Gasteiger partial charge in [-0.3, -0.25) is 0 Å². The minimum Gasteiger partial charge on any atom is -0.353 e. The summed E-state index contributed by atoms with van der Waals surface area (Å²) in [7, 11) is 0. The van der Waals surface area contributed by atoms with Crippen LogP contribution >= 0.6 is 0 Å². The van der Waals surface area contributed by atoms with Crippen LogP contribution in [0.4, 0.5) is 0 Å². The molecule has 0 aromatic carbocycles. The molecule has 0 amide bonds. The Labute approximate surface area is 68.2 Å². The molecule has 1 rings (SSSR count). The van der Waals surface area contributed by atoms with Gasteiger partial charge in [0.2, 0.25) is 0 Å². The Balaban J connectivity index is 2.14. The minimum atomic E-state index is 0.588. The van der Waals surface area contributed by atoms with Crippen LogP contribution in [0.2, 0.25) is 0 Å².